The van der Waals surface area contributed by atoms with E-state index in [1.165, 1.54) is 23.3 Å². The van der Waals surface area contributed by atoms with Gasteiger partial charge < -0.3 is 15.0 Å². The third-order valence-corrected chi connectivity index (χ3v) is 5.36. The molecule has 0 radical (unpaired) electrons. The van der Waals surface area contributed by atoms with Gasteiger partial charge in [0.2, 0.25) is 0 Å². The second kappa shape index (κ2) is 7.63. The molecule has 2 heterocycles. The Bertz CT molecular complexity index is 951. The molecule has 28 heavy (non-hydrogen) atoms. The number of benzene rings is 1. The van der Waals surface area contributed by atoms with Crippen molar-refractivity contribution >= 4 is 27.8 Å². The number of nitrogens with one attached hydrogen (secondary N) is 1. The summed E-state index contributed by atoms with van der Waals surface area (Å²) >= 11 is 0. The molecule has 0 unspecified atom stereocenters. The van der Waals surface area contributed by atoms with Gasteiger partial charge in [0.25, 0.3) is 5.91 Å². The van der Waals surface area contributed by atoms with Crippen molar-refractivity contribution in [3.63, 3.8) is 0 Å². The predicted octanol–water partition coefficient (Wildman–Crippen LogP) is 1.08. The molecule has 0 saturated carbocycles. The van der Waals surface area contributed by atoms with Crippen molar-refractivity contribution in [3.05, 3.63) is 41.8 Å². The van der Waals surface area contributed by atoms with Gasteiger partial charge in [-0.25, -0.2) is 13.2 Å². The fourth-order valence-corrected chi connectivity index (χ4v) is 3.46. The minimum Gasteiger partial charge on any atom is -0.431 e. The number of amides is 3. The van der Waals surface area contributed by atoms with Gasteiger partial charge in [0.15, 0.2) is 9.84 Å². The molecule has 0 atom stereocenters. The molecule has 0 aliphatic carbocycles. The molecule has 0 spiro atoms. The number of carbonyl (C=O) groups excluding carboxylic acids is 2. The average molecular weight is 406 g/mol. The van der Waals surface area contributed by atoms with Gasteiger partial charge in [0.05, 0.1) is 4.90 Å². The number of nitrogens with zero attached hydrogens (tertiary/aromatic N) is 3. The lowest BCUT2D eigenvalue weighted by molar-refractivity contribution is -0.119. The maximum Gasteiger partial charge on any atom is 0.348 e. The molecule has 10 heteroatoms. The van der Waals surface area contributed by atoms with Crippen molar-refractivity contribution < 1.29 is 22.7 Å². The Balaban J connectivity index is 1.70. The Labute approximate surface area is 163 Å². The standard InChI is InChI=1S/C18H22N4O5S/c1-12(2)19-16(23)15-11-27-18-20-17(24)21(8-9-22(15)18)10-13-4-6-14(7-5-13)28(3,25)26/h4-7,11-12H,8-10H2,1-3H3,(H,19,23). The molecule has 2 aliphatic heterocycles. The molecule has 1 N–H and O–H groups in total. The van der Waals surface area contributed by atoms with Gasteiger partial charge in [-0.05, 0) is 31.5 Å². The summed E-state index contributed by atoms with van der Waals surface area (Å²) in [6.45, 7) is 4.65. The Morgan fingerprint density at radius 2 is 1.93 bits per heavy atom. The normalized spacial score (nSPS) is 16.9. The van der Waals surface area contributed by atoms with Crippen LogP contribution < -0.4 is 5.32 Å². The van der Waals surface area contributed by atoms with E-state index in [1.807, 2.05) is 13.8 Å². The highest BCUT2D eigenvalue weighted by molar-refractivity contribution is 7.90. The number of sulfone groups is 1. The zero-order valence-corrected chi connectivity index (χ0v) is 16.7. The minimum absolute atomic E-state index is 0.0330. The third-order valence-electron chi connectivity index (χ3n) is 4.23. The summed E-state index contributed by atoms with van der Waals surface area (Å²) in [7, 11) is -3.27. The Kier molecular flexibility index (Phi) is 5.41. The molecule has 3 rings (SSSR count). The van der Waals surface area contributed by atoms with Gasteiger partial charge in [-0.3, -0.25) is 9.69 Å². The van der Waals surface area contributed by atoms with Crippen LogP contribution in [-0.4, -0.2) is 61.6 Å². The summed E-state index contributed by atoms with van der Waals surface area (Å²) in [5.41, 5.74) is 1.08. The van der Waals surface area contributed by atoms with Crippen LogP contribution in [0.3, 0.4) is 0 Å². The van der Waals surface area contributed by atoms with Gasteiger partial charge in [0, 0.05) is 31.9 Å². The summed E-state index contributed by atoms with van der Waals surface area (Å²) in [6, 6.07) is 5.92. The van der Waals surface area contributed by atoms with Gasteiger partial charge >= 0.3 is 12.1 Å². The van der Waals surface area contributed by atoms with E-state index in [2.05, 4.69) is 10.3 Å². The second-order valence-corrected chi connectivity index (χ2v) is 8.93. The molecular weight excluding hydrogens is 384 g/mol. The van der Waals surface area contributed by atoms with Crippen molar-refractivity contribution in [2.75, 3.05) is 19.3 Å². The molecule has 0 aromatic heterocycles. The first-order valence-electron chi connectivity index (χ1n) is 8.77. The zero-order chi connectivity index (χ0) is 20.5. The van der Waals surface area contributed by atoms with Crippen LogP contribution in [0.15, 0.2) is 46.1 Å². The van der Waals surface area contributed by atoms with Crippen LogP contribution in [0.4, 0.5) is 4.79 Å². The summed E-state index contributed by atoms with van der Waals surface area (Å²) in [5.74, 6) is -0.294. The van der Waals surface area contributed by atoms with Crippen LogP contribution in [-0.2, 0) is 25.9 Å². The Hall–Kier alpha value is -2.88. The van der Waals surface area contributed by atoms with Crippen molar-refractivity contribution in [2.45, 2.75) is 31.3 Å². The number of carbonyl (C=O) groups is 2. The number of hydrogen-bond acceptors (Lipinski definition) is 6. The summed E-state index contributed by atoms with van der Waals surface area (Å²) in [6.07, 6.45) is 2.44. The lowest BCUT2D eigenvalue weighted by Gasteiger charge is -2.21. The van der Waals surface area contributed by atoms with Crippen molar-refractivity contribution in [1.29, 1.82) is 0 Å². The van der Waals surface area contributed by atoms with E-state index in [0.717, 1.165) is 11.8 Å². The van der Waals surface area contributed by atoms with E-state index in [9.17, 15) is 18.0 Å². The largest absolute Gasteiger partial charge is 0.431 e. The van der Waals surface area contributed by atoms with E-state index in [0.29, 0.717) is 18.8 Å². The van der Waals surface area contributed by atoms with E-state index in [-0.39, 0.29) is 29.4 Å². The van der Waals surface area contributed by atoms with Crippen molar-refractivity contribution in [3.8, 4) is 0 Å². The topological polar surface area (TPSA) is 108 Å². The van der Waals surface area contributed by atoms with Gasteiger partial charge in [-0.2, -0.15) is 0 Å². The Morgan fingerprint density at radius 3 is 2.54 bits per heavy atom. The fraction of sp³-hybridized carbons (Fsp3) is 0.389. The Morgan fingerprint density at radius 1 is 1.25 bits per heavy atom. The molecule has 1 aromatic rings. The molecule has 0 saturated heterocycles. The molecule has 2 aliphatic rings. The number of amidine groups is 1. The molecule has 9 nitrogen and oxygen atoms in total. The fourth-order valence-electron chi connectivity index (χ4n) is 2.83. The van der Waals surface area contributed by atoms with Crippen LogP contribution >= 0.6 is 0 Å². The van der Waals surface area contributed by atoms with E-state index < -0.39 is 15.9 Å². The summed E-state index contributed by atoms with van der Waals surface area (Å²) < 4.78 is 28.4. The SMILES string of the molecule is CC(C)NC(=O)C1=COC2=NC(=O)N(Cc3ccc(S(C)(=O)=O)cc3)CCN12. The lowest BCUT2D eigenvalue weighted by Crippen LogP contribution is -2.40. The number of hydrogen-bond donors (Lipinski definition) is 1. The molecule has 150 valence electrons. The zero-order valence-electron chi connectivity index (χ0n) is 15.9. The summed E-state index contributed by atoms with van der Waals surface area (Å²) in [5, 5.41) is 2.79. The van der Waals surface area contributed by atoms with Crippen LogP contribution in [0.2, 0.25) is 0 Å². The quantitative estimate of drug-likeness (QED) is 0.784. The van der Waals surface area contributed by atoms with E-state index in [4.69, 9.17) is 4.74 Å². The first kappa shape index (κ1) is 19.9. The minimum atomic E-state index is -3.27. The molecule has 0 fully saturated rings. The first-order chi connectivity index (χ1) is 13.1. The molecular formula is C18H22N4O5S. The van der Waals surface area contributed by atoms with Crippen molar-refractivity contribution in [1.82, 2.24) is 15.1 Å². The predicted molar refractivity (Wildman–Crippen MR) is 102 cm³/mol. The van der Waals surface area contributed by atoms with Crippen LogP contribution in [0.5, 0.6) is 0 Å². The van der Waals surface area contributed by atoms with Crippen molar-refractivity contribution in [2.24, 2.45) is 4.99 Å². The highest BCUT2D eigenvalue weighted by Crippen LogP contribution is 2.20. The maximum absolute atomic E-state index is 12.5. The second-order valence-electron chi connectivity index (χ2n) is 6.92. The van der Waals surface area contributed by atoms with Gasteiger partial charge in [-0.1, -0.05) is 12.1 Å². The van der Waals surface area contributed by atoms with Gasteiger partial charge in [0.1, 0.15) is 12.0 Å². The molecule has 3 amide bonds. The molecule has 1 aromatic carbocycles. The van der Waals surface area contributed by atoms with Crippen LogP contribution in [0.1, 0.15) is 19.4 Å². The highest BCUT2D eigenvalue weighted by atomic mass is 32.2. The first-order valence-corrected chi connectivity index (χ1v) is 10.7. The highest BCUT2D eigenvalue weighted by Gasteiger charge is 2.33. The number of fused-ring (bicyclic) bond motifs is 1. The van der Waals surface area contributed by atoms with Gasteiger partial charge in [-0.15, -0.1) is 4.99 Å². The number of urea groups is 1. The number of aliphatic imine (C=N–C) groups is 1. The number of ether oxygens (including phenoxy) is 1. The molecule has 0 bridgehead atoms. The maximum atomic E-state index is 12.5. The van der Waals surface area contributed by atoms with E-state index in [1.54, 1.807) is 17.0 Å². The van der Waals surface area contributed by atoms with E-state index >= 15 is 0 Å². The lowest BCUT2D eigenvalue weighted by atomic mass is 10.2. The van der Waals surface area contributed by atoms with Crippen LogP contribution in [0, 0.1) is 0 Å². The average Bonchev–Trinajstić information content (AvgIpc) is 2.93. The number of rotatable bonds is 5. The van der Waals surface area contributed by atoms with Crippen LogP contribution in [0.25, 0.3) is 0 Å². The monoisotopic (exact) mass is 406 g/mol. The smallest absolute Gasteiger partial charge is 0.348 e. The third kappa shape index (κ3) is 4.33. The summed E-state index contributed by atoms with van der Waals surface area (Å²) in [4.78, 5) is 32.0.